The van der Waals surface area contributed by atoms with Crippen molar-refractivity contribution in [1.29, 1.82) is 0 Å². The molecule has 1 amide bonds. The lowest BCUT2D eigenvalue weighted by atomic mass is 9.72. The Balaban J connectivity index is 1.53. The lowest BCUT2D eigenvalue weighted by molar-refractivity contribution is -0.0913. The third kappa shape index (κ3) is 3.83. The average Bonchev–Trinajstić information content (AvgIpc) is 2.69. The first-order valence-electron chi connectivity index (χ1n) is 9.74. The molecule has 2 saturated heterocycles. The number of fused-ring (bicyclic) bond motifs is 2. The minimum absolute atomic E-state index is 0.0475. The molecule has 0 spiro atoms. The number of hydrogen-bond acceptors (Lipinski definition) is 3. The van der Waals surface area contributed by atoms with Gasteiger partial charge in [-0.1, -0.05) is 30.3 Å². The summed E-state index contributed by atoms with van der Waals surface area (Å²) in [4.78, 5) is 14.4. The zero-order chi connectivity index (χ0) is 20.6. The minimum atomic E-state index is -1.66. The van der Waals surface area contributed by atoms with Crippen LogP contribution in [-0.4, -0.2) is 28.2 Å². The topological polar surface area (TPSA) is 49.8 Å². The fraction of sp³-hybridized carbons (Fsp3) is 0.409. The van der Waals surface area contributed by atoms with Crippen molar-refractivity contribution in [1.82, 2.24) is 4.90 Å². The third-order valence-corrected chi connectivity index (χ3v) is 5.94. The molecule has 2 aliphatic rings. The van der Waals surface area contributed by atoms with Crippen LogP contribution in [0.15, 0.2) is 42.5 Å². The summed E-state index contributed by atoms with van der Waals surface area (Å²) in [5.74, 6) is -3.48. The molecule has 2 unspecified atom stereocenters. The van der Waals surface area contributed by atoms with Crippen LogP contribution in [0.1, 0.15) is 43.2 Å². The van der Waals surface area contributed by atoms with Crippen LogP contribution in [0.5, 0.6) is 0 Å². The van der Waals surface area contributed by atoms with Gasteiger partial charge in [0.2, 0.25) is 0 Å². The second-order valence-electron chi connectivity index (χ2n) is 7.87. The lowest BCUT2D eigenvalue weighted by Gasteiger charge is -2.51. The van der Waals surface area contributed by atoms with Crippen LogP contribution in [0.2, 0.25) is 0 Å². The number of carbonyl (C=O) groups excluding carboxylic acids is 1. The molecule has 0 aromatic heterocycles. The molecule has 0 aliphatic carbocycles. The largest absolute Gasteiger partial charge is 0.445 e. The maximum atomic E-state index is 14.3. The zero-order valence-electron chi connectivity index (χ0n) is 15.8. The number of benzene rings is 2. The monoisotopic (exact) mass is 405 g/mol. The third-order valence-electron chi connectivity index (χ3n) is 5.94. The first kappa shape index (κ1) is 19.8. The van der Waals surface area contributed by atoms with Gasteiger partial charge in [-0.2, -0.15) is 0 Å². The van der Waals surface area contributed by atoms with Crippen LogP contribution in [-0.2, 0) is 16.9 Å². The summed E-state index contributed by atoms with van der Waals surface area (Å²) in [5.41, 5.74) is -1.06. The number of halogens is 3. The van der Waals surface area contributed by atoms with Crippen LogP contribution in [0, 0.1) is 17.5 Å². The van der Waals surface area contributed by atoms with Gasteiger partial charge in [0.15, 0.2) is 11.6 Å². The van der Waals surface area contributed by atoms with Gasteiger partial charge in [0.25, 0.3) is 0 Å². The quantitative estimate of drug-likeness (QED) is 0.757. The van der Waals surface area contributed by atoms with Gasteiger partial charge in [-0.3, -0.25) is 0 Å². The molecule has 2 bridgehead atoms. The Morgan fingerprint density at radius 2 is 1.66 bits per heavy atom. The van der Waals surface area contributed by atoms with Gasteiger partial charge < -0.3 is 14.7 Å². The summed E-state index contributed by atoms with van der Waals surface area (Å²) >= 11 is 0. The molecular formula is C22H22F3NO3. The number of ether oxygens (including phenoxy) is 1. The highest BCUT2D eigenvalue weighted by Gasteiger charge is 2.49. The molecule has 2 heterocycles. The normalized spacial score (nSPS) is 26.3. The van der Waals surface area contributed by atoms with Gasteiger partial charge in [0, 0.05) is 36.6 Å². The standard InChI is InChI=1S/C22H22F3NO3/c23-18-10-20(25)19(24)9-17(18)22(28)11-15-7-4-8-16(12-22)26(15)21(27)29-13-14-5-2-1-3-6-14/h1-3,5-6,9-10,15-16,28H,4,7-8,11-13H2. The Hall–Kier alpha value is -2.54. The Bertz CT molecular complexity index is 892. The molecule has 7 heteroatoms. The molecule has 2 atom stereocenters. The number of rotatable bonds is 3. The summed E-state index contributed by atoms with van der Waals surface area (Å²) in [5, 5.41) is 11.1. The fourth-order valence-corrected chi connectivity index (χ4v) is 4.62. The van der Waals surface area contributed by atoms with Gasteiger partial charge in [0.1, 0.15) is 12.4 Å². The molecule has 4 rings (SSSR count). The van der Waals surface area contributed by atoms with Gasteiger partial charge in [0.05, 0.1) is 5.60 Å². The highest BCUT2D eigenvalue weighted by Crippen LogP contribution is 2.45. The van der Waals surface area contributed by atoms with Gasteiger partial charge >= 0.3 is 6.09 Å². The highest BCUT2D eigenvalue weighted by molar-refractivity contribution is 5.69. The zero-order valence-corrected chi connectivity index (χ0v) is 15.8. The molecule has 2 aliphatic heterocycles. The first-order valence-corrected chi connectivity index (χ1v) is 9.74. The SMILES string of the molecule is O=C(OCc1ccccc1)N1C2CCCC1CC(O)(c1cc(F)c(F)cc1F)C2. The van der Waals surface area contributed by atoms with Gasteiger partial charge in [-0.05, 0) is 30.9 Å². The lowest BCUT2D eigenvalue weighted by Crippen LogP contribution is -2.59. The summed E-state index contributed by atoms with van der Waals surface area (Å²) in [7, 11) is 0. The van der Waals surface area contributed by atoms with Crippen molar-refractivity contribution in [3.05, 3.63) is 71.0 Å². The van der Waals surface area contributed by atoms with E-state index in [1.807, 2.05) is 30.3 Å². The Morgan fingerprint density at radius 1 is 1.03 bits per heavy atom. The van der Waals surface area contributed by atoms with E-state index in [0.717, 1.165) is 18.1 Å². The van der Waals surface area contributed by atoms with Gasteiger partial charge in [-0.15, -0.1) is 0 Å². The van der Waals surface area contributed by atoms with Crippen molar-refractivity contribution in [2.24, 2.45) is 0 Å². The van der Waals surface area contributed by atoms with E-state index >= 15 is 0 Å². The van der Waals surface area contributed by atoms with E-state index in [-0.39, 0.29) is 37.1 Å². The number of hydrogen-bond donors (Lipinski definition) is 1. The van der Waals surface area contributed by atoms with Crippen molar-refractivity contribution < 1.29 is 27.8 Å². The second-order valence-corrected chi connectivity index (χ2v) is 7.87. The maximum absolute atomic E-state index is 14.3. The highest BCUT2D eigenvalue weighted by atomic mass is 19.2. The predicted molar refractivity (Wildman–Crippen MR) is 99.3 cm³/mol. The van der Waals surface area contributed by atoms with Crippen LogP contribution < -0.4 is 0 Å². The number of nitrogens with zero attached hydrogens (tertiary/aromatic N) is 1. The Kier molecular flexibility index (Phi) is 5.25. The minimum Gasteiger partial charge on any atom is -0.445 e. The predicted octanol–water partition coefficient (Wildman–Crippen LogP) is 4.65. The van der Waals surface area contributed by atoms with E-state index in [9.17, 15) is 23.1 Å². The van der Waals surface area contributed by atoms with E-state index in [1.54, 1.807) is 4.90 Å². The molecule has 0 radical (unpaired) electrons. The molecule has 2 aromatic carbocycles. The number of amides is 1. The van der Waals surface area contributed by atoms with Crippen molar-refractivity contribution in [2.45, 2.75) is 56.4 Å². The molecule has 29 heavy (non-hydrogen) atoms. The summed E-state index contributed by atoms with van der Waals surface area (Å²) in [6, 6.07) is 9.77. The number of piperidine rings is 2. The Morgan fingerprint density at radius 3 is 2.31 bits per heavy atom. The molecular weight excluding hydrogens is 383 g/mol. The van der Waals surface area contributed by atoms with Crippen molar-refractivity contribution in [3.8, 4) is 0 Å². The van der Waals surface area contributed by atoms with Crippen molar-refractivity contribution in [3.63, 3.8) is 0 Å². The first-order chi connectivity index (χ1) is 13.9. The number of aliphatic hydroxyl groups is 1. The van der Waals surface area contributed by atoms with E-state index in [4.69, 9.17) is 4.74 Å². The number of carbonyl (C=O) groups is 1. The molecule has 0 saturated carbocycles. The van der Waals surface area contributed by atoms with Crippen LogP contribution in [0.4, 0.5) is 18.0 Å². The van der Waals surface area contributed by atoms with Crippen molar-refractivity contribution in [2.75, 3.05) is 0 Å². The van der Waals surface area contributed by atoms with Crippen LogP contribution in [0.25, 0.3) is 0 Å². The second kappa shape index (κ2) is 7.71. The average molecular weight is 405 g/mol. The van der Waals surface area contributed by atoms with E-state index in [0.29, 0.717) is 18.9 Å². The molecule has 1 N–H and O–H groups in total. The van der Waals surface area contributed by atoms with E-state index in [2.05, 4.69) is 0 Å². The maximum Gasteiger partial charge on any atom is 0.410 e. The van der Waals surface area contributed by atoms with Gasteiger partial charge in [-0.25, -0.2) is 18.0 Å². The molecule has 2 fully saturated rings. The van der Waals surface area contributed by atoms with E-state index in [1.165, 1.54) is 0 Å². The smallest absolute Gasteiger partial charge is 0.410 e. The van der Waals surface area contributed by atoms with Crippen LogP contribution in [0.3, 0.4) is 0 Å². The van der Waals surface area contributed by atoms with Crippen LogP contribution >= 0.6 is 0 Å². The molecule has 2 aromatic rings. The summed E-state index contributed by atoms with van der Waals surface area (Å²) in [6.07, 6.45) is 1.75. The fourth-order valence-electron chi connectivity index (χ4n) is 4.62. The van der Waals surface area contributed by atoms with E-state index < -0.39 is 29.1 Å². The summed E-state index contributed by atoms with van der Waals surface area (Å²) in [6.45, 7) is 0.137. The summed E-state index contributed by atoms with van der Waals surface area (Å²) < 4.78 is 46.8. The van der Waals surface area contributed by atoms with Crippen molar-refractivity contribution >= 4 is 6.09 Å². The molecule has 4 nitrogen and oxygen atoms in total. The molecule has 154 valence electrons. The Labute approximate surface area is 166 Å².